The van der Waals surface area contributed by atoms with Crippen LogP contribution >= 0.6 is 0 Å². The first-order valence-electron chi connectivity index (χ1n) is 15.8. The Morgan fingerprint density at radius 2 is 0.850 bits per heavy atom. The van der Waals surface area contributed by atoms with Crippen molar-refractivity contribution in [3.63, 3.8) is 0 Å². The summed E-state index contributed by atoms with van der Waals surface area (Å²) in [6.45, 7) is 13.5. The molecule has 2 aliphatic carbocycles. The minimum absolute atomic E-state index is 0.174. The first kappa shape index (κ1) is 28.8. The number of aromatic hydroxyl groups is 2. The van der Waals surface area contributed by atoms with Crippen LogP contribution in [0.3, 0.4) is 0 Å². The van der Waals surface area contributed by atoms with Crippen LogP contribution in [0, 0.1) is 13.8 Å². The van der Waals surface area contributed by atoms with E-state index in [0.29, 0.717) is 23.3 Å². The van der Waals surface area contributed by atoms with Crippen LogP contribution < -0.4 is 0 Å². The molecule has 214 valence electrons. The molecule has 5 rings (SSSR count). The van der Waals surface area contributed by atoms with Crippen LogP contribution in [0.4, 0.5) is 0 Å². The van der Waals surface area contributed by atoms with Gasteiger partial charge in [0.15, 0.2) is 0 Å². The van der Waals surface area contributed by atoms with Crippen LogP contribution in [0.15, 0.2) is 48.5 Å². The van der Waals surface area contributed by atoms with Gasteiger partial charge in [-0.25, -0.2) is 0 Å². The lowest BCUT2D eigenvalue weighted by atomic mass is 9.71. The van der Waals surface area contributed by atoms with E-state index in [-0.39, 0.29) is 10.8 Å². The highest BCUT2D eigenvalue weighted by Crippen LogP contribution is 2.45. The first-order chi connectivity index (χ1) is 19.0. The molecule has 0 spiro atoms. The first-order valence-corrected chi connectivity index (χ1v) is 15.8. The van der Waals surface area contributed by atoms with Gasteiger partial charge in [0, 0.05) is 10.8 Å². The minimum Gasteiger partial charge on any atom is -0.508 e. The van der Waals surface area contributed by atoms with Gasteiger partial charge in [-0.1, -0.05) is 103 Å². The van der Waals surface area contributed by atoms with Gasteiger partial charge in [0.05, 0.1) is 0 Å². The van der Waals surface area contributed by atoms with Crippen molar-refractivity contribution in [2.45, 2.75) is 128 Å². The Morgan fingerprint density at radius 1 is 0.525 bits per heavy atom. The molecule has 3 aromatic rings. The largest absolute Gasteiger partial charge is 0.508 e. The molecule has 0 saturated heterocycles. The number of phenolic OH excluding ortho intramolecular Hbond substituents is 2. The van der Waals surface area contributed by atoms with Gasteiger partial charge in [0.25, 0.3) is 0 Å². The summed E-state index contributed by atoms with van der Waals surface area (Å²) in [5.41, 5.74) is 9.45. The van der Waals surface area contributed by atoms with E-state index in [0.717, 1.165) is 22.3 Å². The number of benzene rings is 3. The van der Waals surface area contributed by atoms with Gasteiger partial charge >= 0.3 is 0 Å². The van der Waals surface area contributed by atoms with Gasteiger partial charge in [-0.2, -0.15) is 0 Å². The Labute approximate surface area is 242 Å². The van der Waals surface area contributed by atoms with Crippen molar-refractivity contribution in [2.24, 2.45) is 0 Å². The van der Waals surface area contributed by atoms with Crippen LogP contribution in [0.2, 0.25) is 0 Å². The highest BCUT2D eigenvalue weighted by atomic mass is 16.3. The van der Waals surface area contributed by atoms with Crippen LogP contribution in [-0.2, 0) is 10.8 Å². The smallest absolute Gasteiger partial charge is 0.119 e. The summed E-state index contributed by atoms with van der Waals surface area (Å²) in [6, 6.07) is 17.8. The summed E-state index contributed by atoms with van der Waals surface area (Å²) in [5.74, 6) is 1.88. The third-order valence-corrected chi connectivity index (χ3v) is 10.5. The molecule has 2 aliphatic rings. The molecule has 2 N–H and O–H groups in total. The van der Waals surface area contributed by atoms with Crippen LogP contribution in [0.1, 0.15) is 148 Å². The zero-order valence-corrected chi connectivity index (χ0v) is 25.7. The zero-order chi connectivity index (χ0) is 28.7. The second-order valence-corrected chi connectivity index (χ2v) is 13.9. The quantitative estimate of drug-likeness (QED) is 0.328. The van der Waals surface area contributed by atoms with Gasteiger partial charge in [-0.3, -0.25) is 0 Å². The number of phenols is 2. The second kappa shape index (κ2) is 11.3. The molecule has 0 atom stereocenters. The summed E-state index contributed by atoms with van der Waals surface area (Å²) >= 11 is 0. The predicted octanol–water partition coefficient (Wildman–Crippen LogP) is 10.5. The molecule has 0 aliphatic heterocycles. The Bertz CT molecular complexity index is 1230. The normalized spacial score (nSPS) is 17.8. The highest BCUT2D eigenvalue weighted by molar-refractivity contribution is 5.53. The fraction of sp³-hybridized carbons (Fsp3) is 0.526. The second-order valence-electron chi connectivity index (χ2n) is 13.9. The van der Waals surface area contributed by atoms with Crippen molar-refractivity contribution in [3.05, 3.63) is 93.0 Å². The summed E-state index contributed by atoms with van der Waals surface area (Å²) in [7, 11) is 0. The van der Waals surface area contributed by atoms with E-state index < -0.39 is 0 Å². The van der Waals surface area contributed by atoms with E-state index in [1.54, 1.807) is 0 Å². The van der Waals surface area contributed by atoms with Gasteiger partial charge < -0.3 is 10.2 Å². The van der Waals surface area contributed by atoms with Gasteiger partial charge in [-0.05, 0) is 108 Å². The maximum atomic E-state index is 10.9. The van der Waals surface area contributed by atoms with Gasteiger partial charge in [0.2, 0.25) is 0 Å². The lowest BCUT2D eigenvalue weighted by Crippen LogP contribution is -2.23. The maximum Gasteiger partial charge on any atom is 0.119 e. The standard InChI is InChI=1S/C38H50O2/c1-25-21-35(39)31(27-13-9-7-10-14-27)23-33(25)37(3,4)29-17-19-30(20-18-29)38(5,6)34-24-32(36(40)22-26(34)2)28-15-11-8-12-16-28/h17-24,27-28,39-40H,7-16H2,1-6H3. The molecule has 0 aromatic heterocycles. The summed E-state index contributed by atoms with van der Waals surface area (Å²) in [4.78, 5) is 0. The van der Waals surface area contributed by atoms with Crippen molar-refractivity contribution >= 4 is 0 Å². The lowest BCUT2D eigenvalue weighted by molar-refractivity contribution is 0.412. The third-order valence-electron chi connectivity index (χ3n) is 10.5. The molecular weight excluding hydrogens is 488 g/mol. The molecule has 40 heavy (non-hydrogen) atoms. The SMILES string of the molecule is Cc1cc(O)c(C2CCCCC2)cc1C(C)(C)c1ccc(C(C)(C)c2cc(C3CCCCC3)c(O)cc2C)cc1. The number of hydrogen-bond acceptors (Lipinski definition) is 2. The molecule has 0 amide bonds. The van der Waals surface area contributed by atoms with E-state index in [9.17, 15) is 10.2 Å². The Balaban J connectivity index is 1.46. The summed E-state index contributed by atoms with van der Waals surface area (Å²) < 4.78 is 0. The Hall–Kier alpha value is -2.74. The van der Waals surface area contributed by atoms with E-state index in [1.807, 2.05) is 12.1 Å². The van der Waals surface area contributed by atoms with Crippen molar-refractivity contribution in [2.75, 3.05) is 0 Å². The van der Waals surface area contributed by atoms with Crippen molar-refractivity contribution < 1.29 is 10.2 Å². The molecule has 2 heteroatoms. The molecule has 0 heterocycles. The summed E-state index contributed by atoms with van der Waals surface area (Å²) in [6.07, 6.45) is 12.4. The molecule has 0 radical (unpaired) electrons. The van der Waals surface area contributed by atoms with Crippen molar-refractivity contribution in [1.82, 2.24) is 0 Å². The van der Waals surface area contributed by atoms with Crippen LogP contribution in [0.25, 0.3) is 0 Å². The fourth-order valence-corrected chi connectivity index (χ4v) is 7.86. The van der Waals surface area contributed by atoms with E-state index >= 15 is 0 Å². The van der Waals surface area contributed by atoms with E-state index in [2.05, 4.69) is 77.9 Å². The van der Waals surface area contributed by atoms with E-state index in [4.69, 9.17) is 0 Å². The van der Waals surface area contributed by atoms with Crippen LogP contribution in [-0.4, -0.2) is 10.2 Å². The molecule has 2 saturated carbocycles. The van der Waals surface area contributed by atoms with Gasteiger partial charge in [-0.15, -0.1) is 0 Å². The van der Waals surface area contributed by atoms with E-state index in [1.165, 1.54) is 86.5 Å². The van der Waals surface area contributed by atoms with Crippen LogP contribution in [0.5, 0.6) is 11.5 Å². The number of rotatable bonds is 6. The average molecular weight is 539 g/mol. The molecule has 2 fully saturated rings. The highest BCUT2D eigenvalue weighted by Gasteiger charge is 2.31. The molecule has 0 unspecified atom stereocenters. The Kier molecular flexibility index (Phi) is 8.10. The predicted molar refractivity (Wildman–Crippen MR) is 168 cm³/mol. The van der Waals surface area contributed by atoms with Gasteiger partial charge in [0.1, 0.15) is 11.5 Å². The average Bonchev–Trinajstić information content (AvgIpc) is 2.94. The van der Waals surface area contributed by atoms with Crippen molar-refractivity contribution in [3.8, 4) is 11.5 Å². The fourth-order valence-electron chi connectivity index (χ4n) is 7.86. The lowest BCUT2D eigenvalue weighted by Gasteiger charge is -2.33. The third kappa shape index (κ3) is 5.44. The molecule has 2 nitrogen and oxygen atoms in total. The topological polar surface area (TPSA) is 40.5 Å². The number of aryl methyl sites for hydroxylation is 2. The molecular formula is C38H50O2. The monoisotopic (exact) mass is 538 g/mol. The zero-order valence-electron chi connectivity index (χ0n) is 25.7. The van der Waals surface area contributed by atoms with Crippen molar-refractivity contribution in [1.29, 1.82) is 0 Å². The minimum atomic E-state index is -0.174. The molecule has 0 bridgehead atoms. The molecule has 3 aromatic carbocycles. The Morgan fingerprint density at radius 3 is 1.18 bits per heavy atom. The number of hydrogen-bond donors (Lipinski definition) is 2. The summed E-state index contributed by atoms with van der Waals surface area (Å²) in [5, 5.41) is 21.7. The maximum absolute atomic E-state index is 10.9.